The van der Waals surface area contributed by atoms with Gasteiger partial charge < -0.3 is 14.9 Å². The lowest BCUT2D eigenvalue weighted by Gasteiger charge is -2.22. The molecule has 16 heavy (non-hydrogen) atoms. The van der Waals surface area contributed by atoms with Crippen molar-refractivity contribution in [2.75, 3.05) is 20.1 Å². The zero-order valence-electron chi connectivity index (χ0n) is 10.1. The topological polar surface area (TPSA) is 60.9 Å². The SMILES string of the molecule is CC(C)CCN1C(=O)N(C)CC1CC(=O)O. The Hall–Kier alpha value is -1.26. The van der Waals surface area contributed by atoms with Crippen LogP contribution in [-0.2, 0) is 4.79 Å². The molecule has 1 heterocycles. The number of urea groups is 1. The minimum atomic E-state index is -0.845. The Morgan fingerprint density at radius 2 is 2.19 bits per heavy atom. The van der Waals surface area contributed by atoms with Gasteiger partial charge in [0.1, 0.15) is 0 Å². The summed E-state index contributed by atoms with van der Waals surface area (Å²) in [6.45, 7) is 5.36. The van der Waals surface area contributed by atoms with E-state index in [1.54, 1.807) is 16.8 Å². The van der Waals surface area contributed by atoms with Crippen LogP contribution in [0.2, 0.25) is 0 Å². The van der Waals surface area contributed by atoms with Crippen LogP contribution in [0.5, 0.6) is 0 Å². The molecule has 0 aromatic carbocycles. The maximum absolute atomic E-state index is 11.8. The van der Waals surface area contributed by atoms with Gasteiger partial charge in [-0.2, -0.15) is 0 Å². The predicted molar refractivity (Wildman–Crippen MR) is 60.2 cm³/mol. The summed E-state index contributed by atoms with van der Waals surface area (Å²) in [7, 11) is 1.71. The number of carbonyl (C=O) groups excluding carboxylic acids is 1. The van der Waals surface area contributed by atoms with Crippen molar-refractivity contribution in [3.8, 4) is 0 Å². The summed E-state index contributed by atoms with van der Waals surface area (Å²) in [5.41, 5.74) is 0. The lowest BCUT2D eigenvalue weighted by molar-refractivity contribution is -0.137. The van der Waals surface area contributed by atoms with E-state index in [0.717, 1.165) is 6.42 Å². The molecule has 0 aliphatic carbocycles. The van der Waals surface area contributed by atoms with E-state index in [1.165, 1.54) is 0 Å². The maximum Gasteiger partial charge on any atom is 0.320 e. The van der Waals surface area contributed by atoms with E-state index in [4.69, 9.17) is 5.11 Å². The van der Waals surface area contributed by atoms with Crippen molar-refractivity contribution >= 4 is 12.0 Å². The molecule has 1 N–H and O–H groups in total. The molecular weight excluding hydrogens is 208 g/mol. The highest BCUT2D eigenvalue weighted by molar-refractivity contribution is 5.78. The van der Waals surface area contributed by atoms with Crippen LogP contribution < -0.4 is 0 Å². The van der Waals surface area contributed by atoms with Crippen LogP contribution >= 0.6 is 0 Å². The summed E-state index contributed by atoms with van der Waals surface area (Å²) < 4.78 is 0. The fraction of sp³-hybridized carbons (Fsp3) is 0.818. The molecule has 0 bridgehead atoms. The number of carboxylic acids is 1. The van der Waals surface area contributed by atoms with E-state index in [0.29, 0.717) is 19.0 Å². The smallest absolute Gasteiger partial charge is 0.320 e. The molecule has 0 aromatic rings. The molecule has 2 amide bonds. The molecule has 1 unspecified atom stereocenters. The van der Waals surface area contributed by atoms with Gasteiger partial charge >= 0.3 is 12.0 Å². The van der Waals surface area contributed by atoms with E-state index in [-0.39, 0.29) is 18.5 Å². The molecule has 1 aliphatic heterocycles. The number of hydrogen-bond donors (Lipinski definition) is 1. The third-order valence-electron chi connectivity index (χ3n) is 2.86. The second kappa shape index (κ2) is 5.18. The maximum atomic E-state index is 11.8. The molecule has 92 valence electrons. The number of carbonyl (C=O) groups is 2. The Balaban J connectivity index is 2.60. The minimum Gasteiger partial charge on any atom is -0.481 e. The Morgan fingerprint density at radius 3 is 2.69 bits per heavy atom. The fourth-order valence-electron chi connectivity index (χ4n) is 1.92. The molecule has 1 fully saturated rings. The van der Waals surface area contributed by atoms with E-state index >= 15 is 0 Å². The Kier molecular flexibility index (Phi) is 4.15. The number of carboxylic acid groups (broad SMARTS) is 1. The molecule has 0 aromatic heterocycles. The molecule has 5 nitrogen and oxygen atoms in total. The Labute approximate surface area is 96.0 Å². The average molecular weight is 228 g/mol. The molecule has 1 atom stereocenters. The van der Waals surface area contributed by atoms with Crippen LogP contribution in [0, 0.1) is 5.92 Å². The number of likely N-dealkylation sites (N-methyl/N-ethyl adjacent to an activating group) is 1. The zero-order valence-corrected chi connectivity index (χ0v) is 10.1. The normalized spacial score (nSPS) is 21.0. The summed E-state index contributed by atoms with van der Waals surface area (Å²) in [6, 6.07) is -0.222. The second-order valence-electron chi connectivity index (χ2n) is 4.79. The molecule has 1 saturated heterocycles. The number of aliphatic carboxylic acids is 1. The highest BCUT2D eigenvalue weighted by atomic mass is 16.4. The summed E-state index contributed by atoms with van der Waals surface area (Å²) >= 11 is 0. The van der Waals surface area contributed by atoms with Gasteiger partial charge in [0.25, 0.3) is 0 Å². The highest BCUT2D eigenvalue weighted by Crippen LogP contribution is 2.18. The number of rotatable bonds is 5. The third-order valence-corrected chi connectivity index (χ3v) is 2.86. The average Bonchev–Trinajstić information content (AvgIpc) is 2.39. The van der Waals surface area contributed by atoms with E-state index in [2.05, 4.69) is 13.8 Å². The monoisotopic (exact) mass is 228 g/mol. The van der Waals surface area contributed by atoms with Crippen molar-refractivity contribution in [1.29, 1.82) is 0 Å². The van der Waals surface area contributed by atoms with Crippen LogP contribution in [0.15, 0.2) is 0 Å². The van der Waals surface area contributed by atoms with E-state index < -0.39 is 5.97 Å². The van der Waals surface area contributed by atoms with Gasteiger partial charge in [-0.1, -0.05) is 13.8 Å². The summed E-state index contributed by atoms with van der Waals surface area (Å²) in [6.07, 6.45) is 0.948. The van der Waals surface area contributed by atoms with Crippen molar-refractivity contribution in [3.63, 3.8) is 0 Å². The summed E-state index contributed by atoms with van der Waals surface area (Å²) in [5.74, 6) is -0.327. The van der Waals surface area contributed by atoms with Gasteiger partial charge in [0.2, 0.25) is 0 Å². The number of hydrogen-bond acceptors (Lipinski definition) is 2. The van der Waals surface area contributed by atoms with E-state index in [9.17, 15) is 9.59 Å². The largest absolute Gasteiger partial charge is 0.481 e. The number of amides is 2. The Bertz CT molecular complexity index is 278. The van der Waals surface area contributed by atoms with Crippen LogP contribution in [0.3, 0.4) is 0 Å². The summed E-state index contributed by atoms with van der Waals surface area (Å²) in [5, 5.41) is 8.79. The van der Waals surface area contributed by atoms with Gasteiger partial charge in [-0.25, -0.2) is 4.79 Å². The first kappa shape index (κ1) is 12.8. The van der Waals surface area contributed by atoms with Crippen molar-refractivity contribution < 1.29 is 14.7 Å². The third kappa shape index (κ3) is 3.12. The van der Waals surface area contributed by atoms with Gasteiger partial charge in [-0.15, -0.1) is 0 Å². The lowest BCUT2D eigenvalue weighted by Crippen LogP contribution is -2.37. The molecule has 0 radical (unpaired) electrons. The quantitative estimate of drug-likeness (QED) is 0.770. The minimum absolute atomic E-state index is 0.0359. The van der Waals surface area contributed by atoms with Gasteiger partial charge in [-0.3, -0.25) is 4.79 Å². The van der Waals surface area contributed by atoms with Crippen molar-refractivity contribution in [2.24, 2.45) is 5.92 Å². The van der Waals surface area contributed by atoms with Crippen LogP contribution in [0.25, 0.3) is 0 Å². The van der Waals surface area contributed by atoms with Crippen molar-refractivity contribution in [2.45, 2.75) is 32.7 Å². The molecule has 0 spiro atoms. The van der Waals surface area contributed by atoms with Crippen LogP contribution in [-0.4, -0.2) is 53.1 Å². The van der Waals surface area contributed by atoms with Crippen LogP contribution in [0.4, 0.5) is 4.79 Å². The second-order valence-corrected chi connectivity index (χ2v) is 4.79. The predicted octanol–water partition coefficient (Wildman–Crippen LogP) is 1.24. The lowest BCUT2D eigenvalue weighted by atomic mass is 10.1. The molecule has 1 aliphatic rings. The van der Waals surface area contributed by atoms with Gasteiger partial charge in [-0.05, 0) is 12.3 Å². The molecular formula is C11H20N2O3. The first-order valence-corrected chi connectivity index (χ1v) is 5.65. The Morgan fingerprint density at radius 1 is 1.56 bits per heavy atom. The fourth-order valence-corrected chi connectivity index (χ4v) is 1.92. The van der Waals surface area contributed by atoms with E-state index in [1.807, 2.05) is 0 Å². The standard InChI is InChI=1S/C11H20N2O3/c1-8(2)4-5-13-9(6-10(14)15)7-12(3)11(13)16/h8-9H,4-7H2,1-3H3,(H,14,15). The van der Waals surface area contributed by atoms with Gasteiger partial charge in [0, 0.05) is 20.1 Å². The first-order valence-electron chi connectivity index (χ1n) is 5.65. The molecule has 5 heteroatoms. The van der Waals surface area contributed by atoms with Crippen LogP contribution in [0.1, 0.15) is 26.7 Å². The first-order chi connectivity index (χ1) is 7.41. The van der Waals surface area contributed by atoms with Gasteiger partial charge in [0.15, 0.2) is 0 Å². The summed E-state index contributed by atoms with van der Waals surface area (Å²) in [4.78, 5) is 25.7. The number of nitrogens with zero attached hydrogens (tertiary/aromatic N) is 2. The highest BCUT2D eigenvalue weighted by Gasteiger charge is 2.35. The molecule has 0 saturated carbocycles. The molecule has 1 rings (SSSR count). The van der Waals surface area contributed by atoms with Gasteiger partial charge in [0.05, 0.1) is 12.5 Å². The van der Waals surface area contributed by atoms with Crippen molar-refractivity contribution in [1.82, 2.24) is 9.80 Å². The van der Waals surface area contributed by atoms with Crippen molar-refractivity contribution in [3.05, 3.63) is 0 Å². The zero-order chi connectivity index (χ0) is 12.3.